The summed E-state index contributed by atoms with van der Waals surface area (Å²) in [7, 11) is -1.38. The van der Waals surface area contributed by atoms with Crippen LogP contribution in [0.2, 0.25) is 0 Å². The number of nitrogens with one attached hydrogen (secondary N) is 1. The first-order chi connectivity index (χ1) is 18.0. The molecule has 0 fully saturated rings. The van der Waals surface area contributed by atoms with E-state index in [1.165, 1.54) is 51.0 Å². The van der Waals surface area contributed by atoms with E-state index in [9.17, 15) is 13.5 Å². The molecule has 2 atom stereocenters. The largest absolute Gasteiger partial charge is 0.494 e. The van der Waals surface area contributed by atoms with Gasteiger partial charge in [0.1, 0.15) is 39.9 Å². The summed E-state index contributed by atoms with van der Waals surface area (Å²) in [4.78, 5) is 4.08. The van der Waals surface area contributed by atoms with Crippen molar-refractivity contribution in [1.82, 2.24) is 19.7 Å². The molecule has 0 spiro atoms. The summed E-state index contributed by atoms with van der Waals surface area (Å²) in [6.45, 7) is 4.43. The molecule has 1 unspecified atom stereocenters. The predicted molar refractivity (Wildman–Crippen MR) is 137 cm³/mol. The van der Waals surface area contributed by atoms with Crippen LogP contribution >= 0.6 is 0 Å². The number of para-hydroxylation sites is 1. The Bertz CT molecular complexity index is 1580. The molecule has 4 rings (SSSR count). The average molecular weight is 539 g/mol. The first-order valence-corrected chi connectivity index (χ1v) is 12.9. The van der Waals surface area contributed by atoms with E-state index in [0.29, 0.717) is 28.7 Å². The number of benzene rings is 1. The van der Waals surface area contributed by atoms with Gasteiger partial charge in [0, 0.05) is 6.20 Å². The topological polar surface area (TPSA) is 165 Å². The van der Waals surface area contributed by atoms with Gasteiger partial charge in [0.25, 0.3) is 0 Å². The lowest BCUT2D eigenvalue weighted by Gasteiger charge is -2.29. The molecule has 0 amide bonds. The molecule has 0 aliphatic heterocycles. The zero-order chi connectivity index (χ0) is 27.7. The molecule has 0 aliphatic carbocycles. The van der Waals surface area contributed by atoms with E-state index in [0.717, 1.165) is 0 Å². The monoisotopic (exact) mass is 538 g/mol. The molecular formula is C25H26N6O6S. The van der Waals surface area contributed by atoms with Crippen molar-refractivity contribution in [2.24, 2.45) is 0 Å². The highest BCUT2D eigenvalue weighted by Crippen LogP contribution is 2.38. The number of aryl methyl sites for hydroxylation is 1. The highest BCUT2D eigenvalue weighted by Gasteiger charge is 2.41. The van der Waals surface area contributed by atoms with Crippen LogP contribution in [0.3, 0.4) is 0 Å². The molecule has 12 nitrogen and oxygen atoms in total. The Morgan fingerprint density at radius 2 is 1.82 bits per heavy atom. The number of ether oxygens (including phenoxy) is 2. The first kappa shape index (κ1) is 26.6. The van der Waals surface area contributed by atoms with Crippen molar-refractivity contribution in [2.75, 3.05) is 18.9 Å². The number of nitriles is 1. The molecule has 0 saturated heterocycles. The lowest BCUT2D eigenvalue weighted by atomic mass is 9.97. The standard InChI is InChI=1S/C25H26N6O6S/c1-15-9-11-20(37-15)23-28-29-24(31(23)22-18(35-4)7-6-8-19(22)36-5)30-38(33,34)16(2)25(3,32)21-12-10-17(13-26)14-27-21/h6-12,14,16,32H,1-5H3,(H,29,30)/t16-,25?/m0/s1. The highest BCUT2D eigenvalue weighted by molar-refractivity contribution is 7.93. The number of anilines is 1. The summed E-state index contributed by atoms with van der Waals surface area (Å²) in [5, 5.41) is 27.1. The average Bonchev–Trinajstić information content (AvgIpc) is 3.52. The van der Waals surface area contributed by atoms with E-state index < -0.39 is 20.9 Å². The third-order valence-electron chi connectivity index (χ3n) is 6.15. The quantitative estimate of drug-likeness (QED) is 0.323. The Labute approximate surface area is 219 Å². The van der Waals surface area contributed by atoms with Crippen LogP contribution in [0.15, 0.2) is 53.1 Å². The smallest absolute Gasteiger partial charge is 0.243 e. The fraction of sp³-hybridized carbons (Fsp3) is 0.280. The van der Waals surface area contributed by atoms with E-state index in [-0.39, 0.29) is 23.0 Å². The second-order valence-corrected chi connectivity index (χ2v) is 10.6. The zero-order valence-corrected chi connectivity index (χ0v) is 22.1. The van der Waals surface area contributed by atoms with Gasteiger partial charge < -0.3 is 19.0 Å². The highest BCUT2D eigenvalue weighted by atomic mass is 32.2. The maximum atomic E-state index is 13.6. The van der Waals surface area contributed by atoms with Crippen LogP contribution in [0.25, 0.3) is 17.3 Å². The van der Waals surface area contributed by atoms with Crippen LogP contribution in [0.4, 0.5) is 5.95 Å². The number of nitrogens with zero attached hydrogens (tertiary/aromatic N) is 5. The number of rotatable bonds is 9. The van der Waals surface area contributed by atoms with E-state index in [1.54, 1.807) is 37.3 Å². The Morgan fingerprint density at radius 1 is 1.13 bits per heavy atom. The number of pyridine rings is 1. The van der Waals surface area contributed by atoms with Crippen molar-refractivity contribution in [1.29, 1.82) is 5.26 Å². The first-order valence-electron chi connectivity index (χ1n) is 11.4. The molecule has 0 radical (unpaired) electrons. The second kappa shape index (κ2) is 10.2. The third kappa shape index (κ3) is 4.79. The van der Waals surface area contributed by atoms with E-state index in [4.69, 9.17) is 19.2 Å². The number of aliphatic hydroxyl groups is 1. The van der Waals surface area contributed by atoms with Crippen LogP contribution < -0.4 is 14.2 Å². The molecule has 3 aromatic heterocycles. The van der Waals surface area contributed by atoms with Crippen LogP contribution in [0.5, 0.6) is 11.5 Å². The number of furan rings is 1. The van der Waals surface area contributed by atoms with Crippen molar-refractivity contribution in [3.05, 3.63) is 65.7 Å². The van der Waals surface area contributed by atoms with Gasteiger partial charge >= 0.3 is 0 Å². The van der Waals surface area contributed by atoms with Crippen LogP contribution in [-0.2, 0) is 15.6 Å². The summed E-state index contributed by atoms with van der Waals surface area (Å²) in [6, 6.07) is 13.3. The van der Waals surface area contributed by atoms with Crippen LogP contribution in [0.1, 0.15) is 30.9 Å². The number of methoxy groups -OCH3 is 2. The van der Waals surface area contributed by atoms with Gasteiger partial charge in [-0.25, -0.2) is 8.42 Å². The van der Waals surface area contributed by atoms with Gasteiger partial charge in [0.15, 0.2) is 5.76 Å². The summed E-state index contributed by atoms with van der Waals surface area (Å²) in [5.41, 5.74) is -1.24. The van der Waals surface area contributed by atoms with Crippen molar-refractivity contribution in [3.63, 3.8) is 0 Å². The van der Waals surface area contributed by atoms with E-state index >= 15 is 0 Å². The zero-order valence-electron chi connectivity index (χ0n) is 21.3. The summed E-state index contributed by atoms with van der Waals surface area (Å²) < 4.78 is 47.8. The minimum absolute atomic E-state index is 0.0778. The van der Waals surface area contributed by atoms with Crippen molar-refractivity contribution < 1.29 is 27.4 Å². The van der Waals surface area contributed by atoms with E-state index in [2.05, 4.69) is 19.9 Å². The fourth-order valence-corrected chi connectivity index (χ4v) is 5.10. The lowest BCUT2D eigenvalue weighted by Crippen LogP contribution is -2.43. The molecule has 13 heteroatoms. The molecule has 2 N–H and O–H groups in total. The lowest BCUT2D eigenvalue weighted by molar-refractivity contribution is 0.0521. The normalized spacial score (nSPS) is 13.8. The Morgan fingerprint density at radius 3 is 2.34 bits per heavy atom. The molecule has 0 bridgehead atoms. The van der Waals surface area contributed by atoms with Gasteiger partial charge in [0.05, 0.1) is 25.5 Å². The van der Waals surface area contributed by atoms with Gasteiger partial charge in [0.2, 0.25) is 21.8 Å². The molecular weight excluding hydrogens is 512 g/mol. The number of hydrogen-bond acceptors (Lipinski definition) is 10. The number of sulfonamides is 1. The number of aromatic nitrogens is 4. The van der Waals surface area contributed by atoms with Gasteiger partial charge in [-0.1, -0.05) is 6.07 Å². The van der Waals surface area contributed by atoms with Gasteiger partial charge in [-0.3, -0.25) is 14.3 Å². The SMILES string of the molecule is COc1cccc(OC)c1-n1c(NS(=O)(=O)[C@@H](C)C(C)(O)c2ccc(C#N)cn2)nnc1-c1ccc(C)o1. The van der Waals surface area contributed by atoms with Crippen molar-refractivity contribution in [3.8, 4) is 34.8 Å². The Kier molecular flexibility index (Phi) is 7.12. The van der Waals surface area contributed by atoms with Crippen LogP contribution in [0, 0.1) is 18.3 Å². The van der Waals surface area contributed by atoms with Gasteiger partial charge in [-0.15, -0.1) is 10.2 Å². The summed E-state index contributed by atoms with van der Waals surface area (Å²) >= 11 is 0. The molecule has 0 saturated carbocycles. The molecule has 38 heavy (non-hydrogen) atoms. The second-order valence-electron chi connectivity index (χ2n) is 8.58. The Balaban J connectivity index is 1.83. The molecule has 198 valence electrons. The van der Waals surface area contributed by atoms with E-state index in [1.807, 2.05) is 6.07 Å². The van der Waals surface area contributed by atoms with Gasteiger partial charge in [-0.05, 0) is 57.2 Å². The molecule has 1 aromatic carbocycles. The predicted octanol–water partition coefficient (Wildman–Crippen LogP) is 3.16. The maximum Gasteiger partial charge on any atom is 0.243 e. The molecule has 3 heterocycles. The fourth-order valence-electron chi connectivity index (χ4n) is 3.81. The minimum Gasteiger partial charge on any atom is -0.494 e. The maximum absolute atomic E-state index is 13.6. The van der Waals surface area contributed by atoms with Gasteiger partial charge in [-0.2, -0.15) is 5.26 Å². The Hall–Kier alpha value is -4.41. The summed E-state index contributed by atoms with van der Waals surface area (Å²) in [6.07, 6.45) is 1.26. The van der Waals surface area contributed by atoms with Crippen molar-refractivity contribution >= 4 is 16.0 Å². The number of hydrogen-bond donors (Lipinski definition) is 2. The molecule has 4 aromatic rings. The third-order valence-corrected chi connectivity index (χ3v) is 8.01. The molecule has 0 aliphatic rings. The summed E-state index contributed by atoms with van der Waals surface area (Å²) in [5.74, 6) is 1.66. The minimum atomic E-state index is -4.31. The van der Waals surface area contributed by atoms with Crippen LogP contribution in [-0.4, -0.2) is 52.7 Å². The van der Waals surface area contributed by atoms with Crippen molar-refractivity contribution in [2.45, 2.75) is 31.6 Å².